The van der Waals surface area contributed by atoms with Gasteiger partial charge in [0, 0.05) is 31.0 Å². The number of Topliss-reactive ketones (excluding diaryl/α,β-unsaturated/α-hetero) is 1. The van der Waals surface area contributed by atoms with Crippen LogP contribution in [0.1, 0.15) is 30.1 Å². The number of hydrogen-bond donors (Lipinski definition) is 1. The Morgan fingerprint density at radius 1 is 1.19 bits per heavy atom. The molecule has 1 N–H and O–H groups in total. The lowest BCUT2D eigenvalue weighted by molar-refractivity contribution is -0.116. The molecule has 0 bridgehead atoms. The van der Waals surface area contributed by atoms with Gasteiger partial charge in [0.05, 0.1) is 17.5 Å². The molecular weight excluding hydrogens is 420 g/mol. The third-order valence-corrected chi connectivity index (χ3v) is 6.73. The second-order valence-corrected chi connectivity index (χ2v) is 9.41. The van der Waals surface area contributed by atoms with Crippen molar-refractivity contribution in [1.29, 1.82) is 0 Å². The van der Waals surface area contributed by atoms with Crippen molar-refractivity contribution in [2.24, 2.45) is 0 Å². The summed E-state index contributed by atoms with van der Waals surface area (Å²) < 4.78 is 37.6. The van der Waals surface area contributed by atoms with Crippen molar-refractivity contribution in [1.82, 2.24) is 4.31 Å². The molecule has 0 spiro atoms. The number of amides is 1. The van der Waals surface area contributed by atoms with E-state index in [1.54, 1.807) is 24.3 Å². The van der Waals surface area contributed by atoms with Gasteiger partial charge in [0.15, 0.2) is 5.78 Å². The number of hydrogen-bond acceptors (Lipinski definition) is 6. The maximum absolute atomic E-state index is 12.7. The average Bonchev–Trinajstić information content (AvgIpc) is 3.26. The predicted molar refractivity (Wildman–Crippen MR) is 116 cm³/mol. The van der Waals surface area contributed by atoms with Crippen LogP contribution >= 0.6 is 0 Å². The van der Waals surface area contributed by atoms with E-state index in [1.807, 2.05) is 0 Å². The highest BCUT2D eigenvalue weighted by atomic mass is 32.2. The zero-order valence-electron chi connectivity index (χ0n) is 17.5. The number of carbonyl (C=O) groups excluding carboxylic acids is 2. The van der Waals surface area contributed by atoms with Crippen molar-refractivity contribution in [2.45, 2.75) is 30.8 Å². The van der Waals surface area contributed by atoms with E-state index in [-0.39, 0.29) is 23.3 Å². The Kier molecular flexibility index (Phi) is 7.42. The molecule has 2 aromatic carbocycles. The quantitative estimate of drug-likeness (QED) is 0.594. The van der Waals surface area contributed by atoms with Crippen LogP contribution in [0.15, 0.2) is 53.4 Å². The standard InChI is InChI=1S/C22H26N2O6S/c1-16(25)17-8-10-21(11-9-17)31(27,28)24(2)14-22(26)23-18-5-3-6-19(13-18)30-15-20-7-4-12-29-20/h3,5-6,8-11,13,20H,4,7,12,14-15H2,1-2H3,(H,23,26). The zero-order chi connectivity index (χ0) is 22.4. The summed E-state index contributed by atoms with van der Waals surface area (Å²) in [6.07, 6.45) is 2.08. The smallest absolute Gasteiger partial charge is 0.243 e. The first kappa shape index (κ1) is 22.9. The van der Waals surface area contributed by atoms with Crippen molar-refractivity contribution in [3.8, 4) is 5.75 Å². The summed E-state index contributed by atoms with van der Waals surface area (Å²) in [4.78, 5) is 23.8. The van der Waals surface area contributed by atoms with Crippen LogP contribution in [0.2, 0.25) is 0 Å². The fourth-order valence-corrected chi connectivity index (χ4v) is 4.29. The molecule has 0 saturated carbocycles. The number of likely N-dealkylation sites (N-methyl/N-ethyl adjacent to an activating group) is 1. The normalized spacial score (nSPS) is 16.3. The summed E-state index contributed by atoms with van der Waals surface area (Å²) in [5, 5.41) is 2.69. The van der Waals surface area contributed by atoms with Gasteiger partial charge in [-0.25, -0.2) is 8.42 Å². The molecule has 1 unspecified atom stereocenters. The Balaban J connectivity index is 1.58. The number of nitrogens with zero attached hydrogens (tertiary/aromatic N) is 1. The first-order chi connectivity index (χ1) is 14.8. The molecule has 9 heteroatoms. The number of nitrogens with one attached hydrogen (secondary N) is 1. The van der Waals surface area contributed by atoms with E-state index in [0.717, 1.165) is 23.8 Å². The monoisotopic (exact) mass is 446 g/mol. The van der Waals surface area contributed by atoms with Gasteiger partial charge in [0.25, 0.3) is 0 Å². The fourth-order valence-electron chi connectivity index (χ4n) is 3.16. The first-order valence-corrected chi connectivity index (χ1v) is 11.4. The largest absolute Gasteiger partial charge is 0.491 e. The highest BCUT2D eigenvalue weighted by Crippen LogP contribution is 2.20. The van der Waals surface area contributed by atoms with Crippen molar-refractivity contribution in [2.75, 3.05) is 32.1 Å². The number of ether oxygens (including phenoxy) is 2. The lowest BCUT2D eigenvalue weighted by atomic mass is 10.2. The summed E-state index contributed by atoms with van der Waals surface area (Å²) in [6.45, 7) is 2.24. The highest BCUT2D eigenvalue weighted by molar-refractivity contribution is 7.89. The molecule has 3 rings (SSSR count). The van der Waals surface area contributed by atoms with Crippen LogP contribution in [0.25, 0.3) is 0 Å². The Morgan fingerprint density at radius 3 is 2.58 bits per heavy atom. The molecule has 1 aliphatic heterocycles. The minimum Gasteiger partial charge on any atom is -0.491 e. The van der Waals surface area contributed by atoms with Gasteiger partial charge in [-0.1, -0.05) is 18.2 Å². The van der Waals surface area contributed by atoms with Crippen molar-refractivity contribution < 1.29 is 27.5 Å². The molecule has 166 valence electrons. The van der Waals surface area contributed by atoms with E-state index in [1.165, 1.54) is 38.2 Å². The molecular formula is C22H26N2O6S. The molecule has 1 aliphatic rings. The molecule has 8 nitrogen and oxygen atoms in total. The minimum absolute atomic E-state index is 0.0114. The summed E-state index contributed by atoms with van der Waals surface area (Å²) in [5.74, 6) is -0.0406. The number of rotatable bonds is 9. The third kappa shape index (κ3) is 6.13. The summed E-state index contributed by atoms with van der Waals surface area (Å²) in [7, 11) is -2.54. The Labute approximate surface area is 182 Å². The van der Waals surface area contributed by atoms with E-state index in [0.29, 0.717) is 23.6 Å². The molecule has 1 heterocycles. The number of ketones is 1. The summed E-state index contributed by atoms with van der Waals surface area (Å²) >= 11 is 0. The number of sulfonamides is 1. The molecule has 1 fully saturated rings. The lowest BCUT2D eigenvalue weighted by Crippen LogP contribution is -2.35. The number of anilines is 1. The van der Waals surface area contributed by atoms with Gasteiger partial charge in [0.2, 0.25) is 15.9 Å². The molecule has 0 radical (unpaired) electrons. The summed E-state index contributed by atoms with van der Waals surface area (Å²) in [6, 6.07) is 12.5. The van der Waals surface area contributed by atoms with Gasteiger partial charge < -0.3 is 14.8 Å². The van der Waals surface area contributed by atoms with Crippen LogP contribution in [-0.2, 0) is 19.6 Å². The van der Waals surface area contributed by atoms with Gasteiger partial charge >= 0.3 is 0 Å². The van der Waals surface area contributed by atoms with Gasteiger partial charge in [0.1, 0.15) is 12.4 Å². The molecule has 0 aliphatic carbocycles. The summed E-state index contributed by atoms with van der Waals surface area (Å²) in [5.41, 5.74) is 0.924. The second kappa shape index (κ2) is 10.0. The predicted octanol–water partition coefficient (Wildman–Crippen LogP) is 2.71. The molecule has 31 heavy (non-hydrogen) atoms. The van der Waals surface area contributed by atoms with Crippen LogP contribution in [-0.4, -0.2) is 57.3 Å². The van der Waals surface area contributed by atoms with E-state index in [2.05, 4.69) is 5.32 Å². The van der Waals surface area contributed by atoms with Crippen LogP contribution in [0.5, 0.6) is 5.75 Å². The van der Waals surface area contributed by atoms with E-state index >= 15 is 0 Å². The number of carbonyl (C=O) groups is 2. The second-order valence-electron chi connectivity index (χ2n) is 7.36. The average molecular weight is 447 g/mol. The minimum atomic E-state index is -3.87. The van der Waals surface area contributed by atoms with Crippen LogP contribution in [0, 0.1) is 0 Å². The van der Waals surface area contributed by atoms with Crippen LogP contribution in [0.3, 0.4) is 0 Å². The van der Waals surface area contributed by atoms with Gasteiger partial charge in [-0.15, -0.1) is 0 Å². The number of benzene rings is 2. The molecule has 1 amide bonds. The fraction of sp³-hybridized carbons (Fsp3) is 0.364. The van der Waals surface area contributed by atoms with E-state index in [4.69, 9.17) is 9.47 Å². The third-order valence-electron chi connectivity index (χ3n) is 4.91. The molecule has 0 aromatic heterocycles. The van der Waals surface area contributed by atoms with Gasteiger partial charge in [-0.3, -0.25) is 9.59 Å². The van der Waals surface area contributed by atoms with Crippen molar-refractivity contribution in [3.63, 3.8) is 0 Å². The highest BCUT2D eigenvalue weighted by Gasteiger charge is 2.23. The Hall–Kier alpha value is -2.75. The Morgan fingerprint density at radius 2 is 1.94 bits per heavy atom. The molecule has 2 aromatic rings. The van der Waals surface area contributed by atoms with Crippen LogP contribution in [0.4, 0.5) is 5.69 Å². The lowest BCUT2D eigenvalue weighted by Gasteiger charge is -2.17. The molecule has 1 saturated heterocycles. The SMILES string of the molecule is CC(=O)c1ccc(S(=O)(=O)N(C)CC(=O)Nc2cccc(OCC3CCCO3)c2)cc1. The van der Waals surface area contributed by atoms with Gasteiger partial charge in [-0.2, -0.15) is 4.31 Å². The topological polar surface area (TPSA) is 102 Å². The van der Waals surface area contributed by atoms with Gasteiger partial charge in [-0.05, 0) is 44.0 Å². The van der Waals surface area contributed by atoms with E-state index in [9.17, 15) is 18.0 Å². The maximum atomic E-state index is 12.7. The van der Waals surface area contributed by atoms with Crippen LogP contribution < -0.4 is 10.1 Å². The maximum Gasteiger partial charge on any atom is 0.243 e. The van der Waals surface area contributed by atoms with E-state index < -0.39 is 15.9 Å². The van der Waals surface area contributed by atoms with Crippen molar-refractivity contribution >= 4 is 27.4 Å². The first-order valence-electron chi connectivity index (χ1n) is 9.97. The van der Waals surface area contributed by atoms with Crippen molar-refractivity contribution in [3.05, 3.63) is 54.1 Å². The Bertz CT molecular complexity index is 1030. The molecule has 1 atom stereocenters. The zero-order valence-corrected chi connectivity index (χ0v) is 18.4.